The number of benzene rings is 2. The molecule has 0 spiro atoms. The van der Waals surface area contributed by atoms with Crippen molar-refractivity contribution in [1.82, 2.24) is 0 Å². The maximum Gasteiger partial charge on any atom is 0.120 e. The summed E-state index contributed by atoms with van der Waals surface area (Å²) < 4.78 is 6.58. The molecule has 0 fully saturated rings. The Morgan fingerprint density at radius 2 is 1.90 bits per heavy atom. The lowest BCUT2D eigenvalue weighted by atomic mass is 10.0. The summed E-state index contributed by atoms with van der Waals surface area (Å²) in [6.07, 6.45) is 2.10. The molecule has 20 heavy (non-hydrogen) atoms. The van der Waals surface area contributed by atoms with Gasteiger partial charge in [-0.2, -0.15) is 0 Å². The molecular weight excluding hydrogens is 400 g/mol. The maximum atomic E-state index is 5.52. The topological polar surface area (TPSA) is 9.23 Å². The molecule has 2 rings (SSSR count). The summed E-state index contributed by atoms with van der Waals surface area (Å²) in [6, 6.07) is 14.6. The van der Waals surface area contributed by atoms with Gasteiger partial charge < -0.3 is 4.74 Å². The smallest absolute Gasteiger partial charge is 0.120 e. The minimum atomic E-state index is 0.163. The van der Waals surface area contributed by atoms with Gasteiger partial charge in [0.2, 0.25) is 0 Å². The highest BCUT2D eigenvalue weighted by Gasteiger charge is 2.16. The van der Waals surface area contributed by atoms with Crippen molar-refractivity contribution < 1.29 is 4.74 Å². The van der Waals surface area contributed by atoms with E-state index in [4.69, 9.17) is 4.74 Å². The van der Waals surface area contributed by atoms with Crippen LogP contribution < -0.4 is 4.74 Å². The largest absolute Gasteiger partial charge is 0.494 e. The standard InChI is InChI=1S/C16H16Br2OS/c1-3-19-11-8-9-12(14(17)10-11)16(18)13-6-4-5-7-15(13)20-2/h4-10,16H,3H2,1-2H3. The SMILES string of the molecule is CCOc1ccc(C(Br)c2ccccc2SC)c(Br)c1. The van der Waals surface area contributed by atoms with Crippen molar-refractivity contribution in [3.8, 4) is 5.75 Å². The number of rotatable bonds is 5. The number of halogens is 2. The van der Waals surface area contributed by atoms with Gasteiger partial charge in [-0.3, -0.25) is 0 Å². The molecule has 0 radical (unpaired) electrons. The average molecular weight is 416 g/mol. The lowest BCUT2D eigenvalue weighted by molar-refractivity contribution is 0.340. The van der Waals surface area contributed by atoms with E-state index in [2.05, 4.69) is 68.4 Å². The highest BCUT2D eigenvalue weighted by atomic mass is 79.9. The molecule has 0 aromatic heterocycles. The minimum absolute atomic E-state index is 0.163. The Labute approximate surface area is 141 Å². The fraction of sp³-hybridized carbons (Fsp3) is 0.250. The summed E-state index contributed by atoms with van der Waals surface area (Å²) >= 11 is 9.23. The van der Waals surface area contributed by atoms with Crippen molar-refractivity contribution in [2.45, 2.75) is 16.6 Å². The summed E-state index contributed by atoms with van der Waals surface area (Å²) in [5.74, 6) is 0.890. The fourth-order valence-corrected chi connectivity index (χ4v) is 4.49. The second kappa shape index (κ2) is 7.53. The molecule has 0 saturated heterocycles. The molecule has 1 unspecified atom stereocenters. The first-order valence-corrected chi connectivity index (χ1v) is 9.30. The molecule has 4 heteroatoms. The Kier molecular flexibility index (Phi) is 6.00. The van der Waals surface area contributed by atoms with Gasteiger partial charge in [-0.05, 0) is 42.5 Å². The van der Waals surface area contributed by atoms with Crippen LogP contribution in [0, 0.1) is 0 Å². The van der Waals surface area contributed by atoms with E-state index < -0.39 is 0 Å². The van der Waals surface area contributed by atoms with E-state index in [1.807, 2.05) is 19.1 Å². The molecule has 0 aliphatic heterocycles. The predicted octanol–water partition coefficient (Wildman–Crippen LogP) is 6.05. The highest BCUT2D eigenvalue weighted by Crippen LogP contribution is 2.40. The Hall–Kier alpha value is -0.450. The van der Waals surface area contributed by atoms with Crippen molar-refractivity contribution in [2.75, 3.05) is 12.9 Å². The number of hydrogen-bond donors (Lipinski definition) is 0. The lowest BCUT2D eigenvalue weighted by Crippen LogP contribution is -1.98. The number of ether oxygens (including phenoxy) is 1. The second-order valence-electron chi connectivity index (χ2n) is 4.22. The van der Waals surface area contributed by atoms with Crippen LogP contribution in [0.5, 0.6) is 5.75 Å². The van der Waals surface area contributed by atoms with Crippen molar-refractivity contribution in [1.29, 1.82) is 0 Å². The quantitative estimate of drug-likeness (QED) is 0.433. The summed E-state index contributed by atoms with van der Waals surface area (Å²) in [6.45, 7) is 2.67. The van der Waals surface area contributed by atoms with E-state index in [0.29, 0.717) is 6.61 Å². The van der Waals surface area contributed by atoms with Gasteiger partial charge in [-0.15, -0.1) is 11.8 Å². The van der Waals surface area contributed by atoms with E-state index in [9.17, 15) is 0 Å². The monoisotopic (exact) mass is 414 g/mol. The average Bonchev–Trinajstić information content (AvgIpc) is 2.47. The van der Waals surface area contributed by atoms with Crippen LogP contribution in [-0.4, -0.2) is 12.9 Å². The Morgan fingerprint density at radius 1 is 1.15 bits per heavy atom. The van der Waals surface area contributed by atoms with Crippen LogP contribution in [0.1, 0.15) is 22.9 Å². The molecule has 0 bridgehead atoms. The van der Waals surface area contributed by atoms with Crippen LogP contribution in [0.3, 0.4) is 0 Å². The molecule has 106 valence electrons. The molecule has 0 aliphatic carbocycles. The highest BCUT2D eigenvalue weighted by molar-refractivity contribution is 9.11. The Balaban J connectivity index is 2.35. The van der Waals surface area contributed by atoms with Crippen LogP contribution in [0.2, 0.25) is 0 Å². The number of thioether (sulfide) groups is 1. The molecule has 0 saturated carbocycles. The van der Waals surface area contributed by atoms with Crippen molar-refractivity contribution in [3.63, 3.8) is 0 Å². The van der Waals surface area contributed by atoms with E-state index in [1.54, 1.807) is 11.8 Å². The first kappa shape index (κ1) is 15.9. The first-order chi connectivity index (χ1) is 9.67. The van der Waals surface area contributed by atoms with Gasteiger partial charge in [0, 0.05) is 9.37 Å². The molecule has 0 heterocycles. The van der Waals surface area contributed by atoms with E-state index in [1.165, 1.54) is 16.0 Å². The van der Waals surface area contributed by atoms with Gasteiger partial charge in [-0.1, -0.05) is 56.1 Å². The van der Waals surface area contributed by atoms with Gasteiger partial charge >= 0.3 is 0 Å². The van der Waals surface area contributed by atoms with Crippen molar-refractivity contribution in [3.05, 3.63) is 58.1 Å². The van der Waals surface area contributed by atoms with Crippen molar-refractivity contribution >= 4 is 43.6 Å². The van der Waals surface area contributed by atoms with Crippen LogP contribution in [-0.2, 0) is 0 Å². The molecule has 1 nitrogen and oxygen atoms in total. The fourth-order valence-electron chi connectivity index (χ4n) is 2.01. The molecule has 0 amide bonds. The zero-order chi connectivity index (χ0) is 14.5. The normalized spacial score (nSPS) is 12.2. The third kappa shape index (κ3) is 3.60. The summed E-state index contributed by atoms with van der Waals surface area (Å²) in [5.41, 5.74) is 2.49. The van der Waals surface area contributed by atoms with Crippen LogP contribution in [0.4, 0.5) is 0 Å². The summed E-state index contributed by atoms with van der Waals surface area (Å²) in [4.78, 5) is 1.45. The van der Waals surface area contributed by atoms with Gasteiger partial charge in [0.25, 0.3) is 0 Å². The van der Waals surface area contributed by atoms with E-state index in [0.717, 1.165) is 10.2 Å². The van der Waals surface area contributed by atoms with Crippen LogP contribution >= 0.6 is 43.6 Å². The minimum Gasteiger partial charge on any atom is -0.494 e. The van der Waals surface area contributed by atoms with Crippen LogP contribution in [0.15, 0.2) is 51.8 Å². The Morgan fingerprint density at radius 3 is 2.55 bits per heavy atom. The molecule has 0 N–H and O–H groups in total. The second-order valence-corrected chi connectivity index (χ2v) is 6.84. The van der Waals surface area contributed by atoms with Gasteiger partial charge in [0.05, 0.1) is 11.4 Å². The zero-order valence-electron chi connectivity index (χ0n) is 11.4. The maximum absolute atomic E-state index is 5.52. The van der Waals surface area contributed by atoms with Gasteiger partial charge in [0.1, 0.15) is 5.75 Å². The van der Waals surface area contributed by atoms with E-state index in [-0.39, 0.29) is 4.83 Å². The summed E-state index contributed by atoms with van der Waals surface area (Å²) in [5, 5.41) is 0. The molecule has 0 aliphatic rings. The number of alkyl halides is 1. The van der Waals surface area contributed by atoms with Gasteiger partial charge in [-0.25, -0.2) is 0 Å². The zero-order valence-corrected chi connectivity index (χ0v) is 15.4. The van der Waals surface area contributed by atoms with Crippen LogP contribution in [0.25, 0.3) is 0 Å². The predicted molar refractivity (Wildman–Crippen MR) is 94.3 cm³/mol. The third-order valence-corrected chi connectivity index (χ3v) is 5.45. The Bertz CT molecular complexity index is 586. The first-order valence-electron chi connectivity index (χ1n) is 6.36. The number of hydrogen-bond acceptors (Lipinski definition) is 2. The van der Waals surface area contributed by atoms with E-state index >= 15 is 0 Å². The summed E-state index contributed by atoms with van der Waals surface area (Å²) in [7, 11) is 0. The third-order valence-electron chi connectivity index (χ3n) is 2.97. The molecule has 2 aromatic carbocycles. The molecular formula is C16H16Br2OS. The molecule has 1 atom stereocenters. The van der Waals surface area contributed by atoms with Gasteiger partial charge in [0.15, 0.2) is 0 Å². The lowest BCUT2D eigenvalue weighted by Gasteiger charge is -2.16. The van der Waals surface area contributed by atoms with Crippen molar-refractivity contribution in [2.24, 2.45) is 0 Å². The molecule has 2 aromatic rings.